The predicted octanol–water partition coefficient (Wildman–Crippen LogP) is 7.24. The molecule has 2 aromatic carbocycles. The van der Waals surface area contributed by atoms with Crippen LogP contribution in [0.15, 0.2) is 48.5 Å². The lowest BCUT2D eigenvalue weighted by Gasteiger charge is -2.29. The lowest BCUT2D eigenvalue weighted by molar-refractivity contribution is 0.0458. The SMILES string of the molecule is CC(C)(Cc1ccc(CBr)cc1)O[PH](=O)OC(C)(C)Cc1ccc(CBr)cc1. The molecule has 0 saturated heterocycles. The van der Waals surface area contributed by atoms with Gasteiger partial charge in [0.25, 0.3) is 0 Å². The molecule has 3 nitrogen and oxygen atoms in total. The molecule has 0 amide bonds. The van der Waals surface area contributed by atoms with Gasteiger partial charge in [0.05, 0.1) is 11.2 Å². The third-order valence-electron chi connectivity index (χ3n) is 4.33. The molecule has 0 aromatic heterocycles. The van der Waals surface area contributed by atoms with E-state index in [0.29, 0.717) is 12.8 Å². The van der Waals surface area contributed by atoms with Crippen LogP contribution >= 0.6 is 40.1 Å². The molecule has 2 aromatic rings. The van der Waals surface area contributed by atoms with E-state index in [9.17, 15) is 4.57 Å². The molecular formula is C22H29Br2O3P. The average molecular weight is 532 g/mol. The Hall–Kier alpha value is -0.450. The van der Waals surface area contributed by atoms with Gasteiger partial charge in [0.1, 0.15) is 0 Å². The second-order valence-corrected chi connectivity index (χ2v) is 10.3. The van der Waals surface area contributed by atoms with E-state index in [2.05, 4.69) is 80.4 Å². The molecule has 0 bridgehead atoms. The Balaban J connectivity index is 1.92. The van der Waals surface area contributed by atoms with Gasteiger partial charge >= 0.3 is 8.25 Å². The molecule has 0 spiro atoms. The summed E-state index contributed by atoms with van der Waals surface area (Å²) in [6.45, 7) is 7.79. The van der Waals surface area contributed by atoms with E-state index in [1.54, 1.807) is 0 Å². The average Bonchev–Trinajstić information content (AvgIpc) is 2.61. The minimum absolute atomic E-state index is 0.570. The maximum Gasteiger partial charge on any atom is 0.320 e. The molecule has 0 heterocycles. The summed E-state index contributed by atoms with van der Waals surface area (Å²) < 4.78 is 24.2. The summed E-state index contributed by atoms with van der Waals surface area (Å²) in [6, 6.07) is 16.7. The summed E-state index contributed by atoms with van der Waals surface area (Å²) in [4.78, 5) is 0. The Morgan fingerprint density at radius 1 is 0.679 bits per heavy atom. The number of halogens is 2. The van der Waals surface area contributed by atoms with Crippen molar-refractivity contribution < 1.29 is 13.6 Å². The topological polar surface area (TPSA) is 35.5 Å². The van der Waals surface area contributed by atoms with Gasteiger partial charge in [-0.15, -0.1) is 0 Å². The minimum atomic E-state index is -2.63. The molecular weight excluding hydrogens is 503 g/mol. The quantitative estimate of drug-likeness (QED) is 0.239. The van der Waals surface area contributed by atoms with Gasteiger partial charge in [-0.05, 0) is 49.9 Å². The van der Waals surface area contributed by atoms with Crippen molar-refractivity contribution in [2.75, 3.05) is 0 Å². The van der Waals surface area contributed by atoms with Crippen molar-refractivity contribution in [1.29, 1.82) is 0 Å². The number of alkyl halides is 2. The summed E-state index contributed by atoms with van der Waals surface area (Å²) in [5, 5.41) is 1.67. The fraction of sp³-hybridized carbons (Fsp3) is 0.455. The van der Waals surface area contributed by atoms with E-state index < -0.39 is 19.5 Å². The van der Waals surface area contributed by atoms with Gasteiger partial charge in [-0.25, -0.2) is 0 Å². The van der Waals surface area contributed by atoms with Crippen molar-refractivity contribution in [3.8, 4) is 0 Å². The number of benzene rings is 2. The van der Waals surface area contributed by atoms with E-state index in [1.165, 1.54) is 11.1 Å². The largest absolute Gasteiger partial charge is 0.320 e. The predicted molar refractivity (Wildman–Crippen MR) is 125 cm³/mol. The first kappa shape index (κ1) is 23.8. The molecule has 0 radical (unpaired) electrons. The maximum absolute atomic E-state index is 12.6. The van der Waals surface area contributed by atoms with E-state index >= 15 is 0 Å². The Kier molecular flexibility index (Phi) is 8.97. The highest BCUT2D eigenvalue weighted by molar-refractivity contribution is 9.08. The van der Waals surface area contributed by atoms with Crippen LogP contribution in [0.1, 0.15) is 49.9 Å². The van der Waals surface area contributed by atoms with Crippen LogP contribution in [-0.2, 0) is 37.1 Å². The standard InChI is InChI=1S/C22H29Br2O3P/c1-21(2,13-17-5-9-19(15-23)10-6-17)26-28(25)27-22(3,4)14-18-7-11-20(16-24)12-8-18/h5-12,28H,13-16H2,1-4H3. The van der Waals surface area contributed by atoms with Crippen molar-refractivity contribution in [2.45, 2.75) is 62.4 Å². The Bertz CT molecular complexity index is 706. The zero-order valence-corrected chi connectivity index (χ0v) is 21.1. The zero-order valence-electron chi connectivity index (χ0n) is 16.9. The normalized spacial score (nSPS) is 12.5. The smallest absolute Gasteiger partial charge is 0.304 e. The van der Waals surface area contributed by atoms with Gasteiger partial charge in [0.2, 0.25) is 0 Å². The second-order valence-electron chi connectivity index (χ2n) is 8.23. The Morgan fingerprint density at radius 2 is 0.964 bits per heavy atom. The number of rotatable bonds is 10. The molecule has 0 N–H and O–H groups in total. The summed E-state index contributed by atoms with van der Waals surface area (Å²) in [7, 11) is -2.63. The summed E-state index contributed by atoms with van der Waals surface area (Å²) in [5.41, 5.74) is 3.61. The highest BCUT2D eigenvalue weighted by Crippen LogP contribution is 2.38. The third kappa shape index (κ3) is 8.12. The van der Waals surface area contributed by atoms with Crippen molar-refractivity contribution in [3.05, 3.63) is 70.8 Å². The number of hydrogen-bond donors (Lipinski definition) is 0. The fourth-order valence-corrected chi connectivity index (χ4v) is 4.86. The van der Waals surface area contributed by atoms with Crippen molar-refractivity contribution in [2.24, 2.45) is 0 Å². The van der Waals surface area contributed by atoms with E-state index in [0.717, 1.165) is 21.8 Å². The van der Waals surface area contributed by atoms with Crippen LogP contribution in [0, 0.1) is 0 Å². The van der Waals surface area contributed by atoms with E-state index in [-0.39, 0.29) is 0 Å². The van der Waals surface area contributed by atoms with Crippen LogP contribution in [0.3, 0.4) is 0 Å². The van der Waals surface area contributed by atoms with Gasteiger partial charge < -0.3 is 9.05 Å². The minimum Gasteiger partial charge on any atom is -0.304 e. The maximum atomic E-state index is 12.6. The molecule has 154 valence electrons. The molecule has 0 unspecified atom stereocenters. The molecule has 0 atom stereocenters. The van der Waals surface area contributed by atoms with Crippen LogP contribution in [0.4, 0.5) is 0 Å². The first-order valence-corrected chi connectivity index (χ1v) is 12.8. The molecule has 6 heteroatoms. The molecule has 0 aliphatic rings. The molecule has 0 aliphatic heterocycles. The van der Waals surface area contributed by atoms with Crippen LogP contribution < -0.4 is 0 Å². The summed E-state index contributed by atoms with van der Waals surface area (Å²) >= 11 is 6.91. The highest BCUT2D eigenvalue weighted by Gasteiger charge is 2.27. The van der Waals surface area contributed by atoms with Gasteiger partial charge in [0, 0.05) is 23.5 Å². The molecule has 2 rings (SSSR count). The van der Waals surface area contributed by atoms with Crippen LogP contribution in [0.5, 0.6) is 0 Å². The Labute approximate surface area is 186 Å². The monoisotopic (exact) mass is 530 g/mol. The highest BCUT2D eigenvalue weighted by atomic mass is 79.9. The van der Waals surface area contributed by atoms with Crippen LogP contribution in [-0.4, -0.2) is 11.2 Å². The fourth-order valence-electron chi connectivity index (χ4n) is 3.02. The van der Waals surface area contributed by atoms with E-state index in [1.807, 2.05) is 27.7 Å². The summed E-state index contributed by atoms with van der Waals surface area (Å²) in [5.74, 6) is 0. The first-order valence-electron chi connectivity index (χ1n) is 9.32. The summed E-state index contributed by atoms with van der Waals surface area (Å²) in [6.07, 6.45) is 1.34. The Morgan fingerprint density at radius 3 is 1.25 bits per heavy atom. The molecule has 28 heavy (non-hydrogen) atoms. The molecule has 0 saturated carbocycles. The number of hydrogen-bond acceptors (Lipinski definition) is 3. The van der Waals surface area contributed by atoms with Gasteiger partial charge in [-0.3, -0.25) is 4.57 Å². The van der Waals surface area contributed by atoms with Gasteiger partial charge in [0.15, 0.2) is 0 Å². The van der Waals surface area contributed by atoms with E-state index in [4.69, 9.17) is 9.05 Å². The van der Waals surface area contributed by atoms with Gasteiger partial charge in [-0.1, -0.05) is 80.4 Å². The lowest BCUT2D eigenvalue weighted by atomic mass is 9.98. The molecule has 0 aliphatic carbocycles. The molecule has 0 fully saturated rings. The van der Waals surface area contributed by atoms with Crippen LogP contribution in [0.25, 0.3) is 0 Å². The lowest BCUT2D eigenvalue weighted by Crippen LogP contribution is -2.28. The van der Waals surface area contributed by atoms with Crippen molar-refractivity contribution in [3.63, 3.8) is 0 Å². The van der Waals surface area contributed by atoms with Crippen LogP contribution in [0.2, 0.25) is 0 Å². The van der Waals surface area contributed by atoms with Crippen molar-refractivity contribution >= 4 is 40.1 Å². The zero-order chi connectivity index (χ0) is 20.8. The van der Waals surface area contributed by atoms with Gasteiger partial charge in [-0.2, -0.15) is 0 Å². The second kappa shape index (κ2) is 10.5. The first-order chi connectivity index (χ1) is 13.1. The van der Waals surface area contributed by atoms with Crippen molar-refractivity contribution in [1.82, 2.24) is 0 Å². The third-order valence-corrected chi connectivity index (χ3v) is 7.07.